The Bertz CT molecular complexity index is 350. The summed E-state index contributed by atoms with van der Waals surface area (Å²) in [5, 5.41) is 8.50. The van der Waals surface area contributed by atoms with Crippen LogP contribution in [0.3, 0.4) is 0 Å². The molecular weight excluding hydrogens is 164 g/mol. The third-order valence-electron chi connectivity index (χ3n) is 1.60. The molecule has 0 aromatic carbocycles. The van der Waals surface area contributed by atoms with E-state index in [2.05, 4.69) is 16.8 Å². The Morgan fingerprint density at radius 2 is 2.38 bits per heavy atom. The lowest BCUT2D eigenvalue weighted by atomic mass is 10.2. The minimum absolute atomic E-state index is 0.0851. The Kier molecular flexibility index (Phi) is 3.30. The fourth-order valence-corrected chi connectivity index (χ4v) is 0.839. The number of rotatable bonds is 1. The summed E-state index contributed by atoms with van der Waals surface area (Å²) in [5.41, 5.74) is 7.90. The van der Waals surface area contributed by atoms with Gasteiger partial charge < -0.3 is 10.8 Å². The van der Waals surface area contributed by atoms with Crippen LogP contribution in [0.15, 0.2) is 12.3 Å². The molecule has 0 bridgehead atoms. The number of hydrogen-bond acceptors (Lipinski definition) is 3. The van der Waals surface area contributed by atoms with Crippen molar-refractivity contribution in [2.24, 2.45) is 0 Å². The van der Waals surface area contributed by atoms with Gasteiger partial charge in [0.2, 0.25) is 0 Å². The molecule has 13 heavy (non-hydrogen) atoms. The Balaban J connectivity index is 2.81. The molecule has 68 valence electrons. The van der Waals surface area contributed by atoms with Crippen molar-refractivity contribution in [2.75, 3.05) is 12.3 Å². The van der Waals surface area contributed by atoms with Gasteiger partial charge in [-0.15, -0.1) is 0 Å². The monoisotopic (exact) mass is 176 g/mol. The molecule has 0 spiro atoms. The van der Waals surface area contributed by atoms with E-state index >= 15 is 0 Å². The maximum absolute atomic E-state index is 8.50. The van der Waals surface area contributed by atoms with Crippen LogP contribution in [-0.4, -0.2) is 16.7 Å². The summed E-state index contributed by atoms with van der Waals surface area (Å²) in [5.74, 6) is 5.66. The number of anilines is 1. The molecule has 3 heteroatoms. The first-order chi connectivity index (χ1) is 6.24. The summed E-state index contributed by atoms with van der Waals surface area (Å²) in [7, 11) is 0. The second kappa shape index (κ2) is 4.48. The van der Waals surface area contributed by atoms with Crippen LogP contribution in [-0.2, 0) is 0 Å². The molecule has 1 aromatic heterocycles. The van der Waals surface area contributed by atoms with E-state index in [4.69, 9.17) is 10.8 Å². The average molecular weight is 176 g/mol. The molecule has 0 saturated carbocycles. The molecule has 0 aliphatic heterocycles. The number of nitrogen functional groups attached to an aromatic ring is 1. The molecular formula is C10H12N2O. The quantitative estimate of drug-likeness (QED) is 0.619. The largest absolute Gasteiger partial charge is 0.397 e. The van der Waals surface area contributed by atoms with E-state index in [1.807, 2.05) is 6.92 Å². The zero-order chi connectivity index (χ0) is 9.68. The Morgan fingerprint density at radius 1 is 1.62 bits per heavy atom. The van der Waals surface area contributed by atoms with E-state index in [1.165, 1.54) is 0 Å². The highest BCUT2D eigenvalue weighted by Crippen LogP contribution is 2.08. The molecule has 1 aromatic rings. The third kappa shape index (κ3) is 2.77. The molecule has 1 heterocycles. The van der Waals surface area contributed by atoms with E-state index in [0.29, 0.717) is 12.1 Å². The number of pyridine rings is 1. The van der Waals surface area contributed by atoms with Crippen LogP contribution in [0, 0.1) is 18.8 Å². The maximum atomic E-state index is 8.50. The molecule has 0 aliphatic carbocycles. The van der Waals surface area contributed by atoms with Crippen molar-refractivity contribution in [3.63, 3.8) is 0 Å². The molecule has 1 rings (SSSR count). The normalized spacial score (nSPS) is 9.08. The van der Waals surface area contributed by atoms with Gasteiger partial charge in [-0.2, -0.15) is 0 Å². The van der Waals surface area contributed by atoms with Gasteiger partial charge in [0, 0.05) is 18.2 Å². The standard InChI is InChI=1S/C10H12N2O/c1-8-10(11)6-9(7-12-8)4-2-3-5-13/h6-7,13H,3,5,11H2,1H3. The van der Waals surface area contributed by atoms with Crippen LogP contribution in [0.25, 0.3) is 0 Å². The molecule has 0 atom stereocenters. The number of hydrogen-bond donors (Lipinski definition) is 2. The summed E-state index contributed by atoms with van der Waals surface area (Å²) in [6.07, 6.45) is 2.16. The lowest BCUT2D eigenvalue weighted by Gasteiger charge is -1.97. The summed E-state index contributed by atoms with van der Waals surface area (Å²) in [6, 6.07) is 1.78. The van der Waals surface area contributed by atoms with Crippen LogP contribution >= 0.6 is 0 Å². The van der Waals surface area contributed by atoms with Crippen molar-refractivity contribution in [3.8, 4) is 11.8 Å². The highest BCUT2D eigenvalue weighted by Gasteiger charge is 1.94. The second-order valence-electron chi connectivity index (χ2n) is 2.67. The SMILES string of the molecule is Cc1ncc(C#CCCO)cc1N. The topological polar surface area (TPSA) is 59.1 Å². The van der Waals surface area contributed by atoms with Crippen molar-refractivity contribution in [3.05, 3.63) is 23.5 Å². The van der Waals surface area contributed by atoms with Gasteiger partial charge in [-0.1, -0.05) is 11.8 Å². The summed E-state index contributed by atoms with van der Waals surface area (Å²) < 4.78 is 0. The summed E-state index contributed by atoms with van der Waals surface area (Å²) >= 11 is 0. The van der Waals surface area contributed by atoms with Crippen molar-refractivity contribution >= 4 is 5.69 Å². The van der Waals surface area contributed by atoms with Crippen LogP contribution < -0.4 is 5.73 Å². The van der Waals surface area contributed by atoms with E-state index in [0.717, 1.165) is 11.3 Å². The second-order valence-corrected chi connectivity index (χ2v) is 2.67. The van der Waals surface area contributed by atoms with Crippen molar-refractivity contribution in [2.45, 2.75) is 13.3 Å². The number of aliphatic hydroxyl groups is 1. The van der Waals surface area contributed by atoms with E-state index in [1.54, 1.807) is 12.3 Å². The molecule has 0 aliphatic rings. The predicted molar refractivity (Wildman–Crippen MR) is 52.0 cm³/mol. The number of aryl methyl sites for hydroxylation is 1. The molecule has 0 radical (unpaired) electrons. The first-order valence-electron chi connectivity index (χ1n) is 4.06. The van der Waals surface area contributed by atoms with Crippen molar-refractivity contribution < 1.29 is 5.11 Å². The lowest BCUT2D eigenvalue weighted by molar-refractivity contribution is 0.305. The highest BCUT2D eigenvalue weighted by molar-refractivity contribution is 5.48. The van der Waals surface area contributed by atoms with E-state index < -0.39 is 0 Å². The average Bonchev–Trinajstić information content (AvgIpc) is 2.12. The number of aromatic nitrogens is 1. The maximum Gasteiger partial charge on any atom is 0.0602 e. The van der Waals surface area contributed by atoms with Crippen LogP contribution in [0.1, 0.15) is 17.7 Å². The van der Waals surface area contributed by atoms with Gasteiger partial charge in [-0.25, -0.2) is 0 Å². The van der Waals surface area contributed by atoms with Gasteiger partial charge in [0.25, 0.3) is 0 Å². The number of nitrogens with zero attached hydrogens (tertiary/aromatic N) is 1. The van der Waals surface area contributed by atoms with Gasteiger partial charge in [0.15, 0.2) is 0 Å². The fourth-order valence-electron chi connectivity index (χ4n) is 0.839. The Hall–Kier alpha value is -1.53. The predicted octanol–water partition coefficient (Wildman–Crippen LogP) is 0.706. The molecule has 0 amide bonds. The van der Waals surface area contributed by atoms with Crippen LogP contribution in [0.4, 0.5) is 5.69 Å². The van der Waals surface area contributed by atoms with Crippen molar-refractivity contribution in [1.82, 2.24) is 4.98 Å². The first-order valence-corrected chi connectivity index (χ1v) is 4.06. The minimum atomic E-state index is 0.0851. The van der Waals surface area contributed by atoms with E-state index in [-0.39, 0.29) is 6.61 Å². The minimum Gasteiger partial charge on any atom is -0.397 e. The van der Waals surface area contributed by atoms with Crippen molar-refractivity contribution in [1.29, 1.82) is 0 Å². The number of aliphatic hydroxyl groups excluding tert-OH is 1. The molecule has 0 fully saturated rings. The zero-order valence-electron chi connectivity index (χ0n) is 7.54. The van der Waals surface area contributed by atoms with Gasteiger partial charge in [0.05, 0.1) is 18.0 Å². The van der Waals surface area contributed by atoms with Crippen LogP contribution in [0.2, 0.25) is 0 Å². The fraction of sp³-hybridized carbons (Fsp3) is 0.300. The van der Waals surface area contributed by atoms with Gasteiger partial charge in [-0.05, 0) is 13.0 Å². The molecule has 0 saturated heterocycles. The summed E-state index contributed by atoms with van der Waals surface area (Å²) in [4.78, 5) is 4.07. The van der Waals surface area contributed by atoms with Gasteiger partial charge >= 0.3 is 0 Å². The van der Waals surface area contributed by atoms with E-state index in [9.17, 15) is 0 Å². The third-order valence-corrected chi connectivity index (χ3v) is 1.60. The molecule has 0 unspecified atom stereocenters. The smallest absolute Gasteiger partial charge is 0.0602 e. The first kappa shape index (κ1) is 9.56. The Labute approximate surface area is 77.6 Å². The molecule has 3 N–H and O–H groups in total. The summed E-state index contributed by atoms with van der Waals surface area (Å²) in [6.45, 7) is 1.93. The number of nitrogens with two attached hydrogens (primary N) is 1. The van der Waals surface area contributed by atoms with Gasteiger partial charge in [0.1, 0.15) is 0 Å². The molecule has 3 nitrogen and oxygen atoms in total. The highest BCUT2D eigenvalue weighted by atomic mass is 16.2. The lowest BCUT2D eigenvalue weighted by Crippen LogP contribution is -1.93. The zero-order valence-corrected chi connectivity index (χ0v) is 7.54. The van der Waals surface area contributed by atoms with Crippen LogP contribution in [0.5, 0.6) is 0 Å². The Morgan fingerprint density at radius 3 is 3.00 bits per heavy atom. The van der Waals surface area contributed by atoms with Gasteiger partial charge in [-0.3, -0.25) is 4.98 Å².